The molecule has 0 aliphatic carbocycles. The lowest BCUT2D eigenvalue weighted by Gasteiger charge is -2.24. The zero-order valence-corrected chi connectivity index (χ0v) is 24.0. The first-order valence-corrected chi connectivity index (χ1v) is 13.3. The molecule has 4 rings (SSSR count). The lowest BCUT2D eigenvalue weighted by Crippen LogP contribution is -2.36. The van der Waals surface area contributed by atoms with Gasteiger partial charge in [0, 0.05) is 30.2 Å². The number of likely N-dealkylation sites (N-methyl/N-ethyl adjacent to an activating group) is 1. The van der Waals surface area contributed by atoms with Crippen LogP contribution >= 0.6 is 0 Å². The number of para-hydroxylation sites is 1. The topological polar surface area (TPSA) is 149 Å². The summed E-state index contributed by atoms with van der Waals surface area (Å²) in [5, 5.41) is 6.86. The van der Waals surface area contributed by atoms with E-state index in [1.165, 1.54) is 11.2 Å². The van der Waals surface area contributed by atoms with Gasteiger partial charge in [0.25, 0.3) is 11.8 Å². The van der Waals surface area contributed by atoms with E-state index in [-0.39, 0.29) is 12.5 Å². The molecule has 4 N–H and O–H groups in total. The maximum atomic E-state index is 13.0. The van der Waals surface area contributed by atoms with Gasteiger partial charge < -0.3 is 30.7 Å². The van der Waals surface area contributed by atoms with E-state index in [4.69, 9.17) is 15.2 Å². The quantitative estimate of drug-likeness (QED) is 0.245. The van der Waals surface area contributed by atoms with E-state index in [1.54, 1.807) is 49.5 Å². The Morgan fingerprint density at radius 1 is 0.976 bits per heavy atom. The first-order chi connectivity index (χ1) is 20.0. The van der Waals surface area contributed by atoms with Crippen molar-refractivity contribution in [3.05, 3.63) is 89.7 Å². The van der Waals surface area contributed by atoms with Gasteiger partial charge in [-0.25, -0.2) is 14.8 Å². The summed E-state index contributed by atoms with van der Waals surface area (Å²) in [6, 6.07) is 19.4. The van der Waals surface area contributed by atoms with E-state index in [0.717, 1.165) is 5.56 Å². The van der Waals surface area contributed by atoms with Crippen LogP contribution in [0.4, 0.5) is 16.3 Å². The first-order valence-electron chi connectivity index (χ1n) is 13.3. The number of fused-ring (bicyclic) bond motifs is 1. The second kappa shape index (κ2) is 13.0. The second-order valence-electron chi connectivity index (χ2n) is 10.6. The van der Waals surface area contributed by atoms with E-state index >= 15 is 0 Å². The minimum Gasteiger partial charge on any atom is -0.492 e. The van der Waals surface area contributed by atoms with Crippen LogP contribution in [0.3, 0.4) is 0 Å². The van der Waals surface area contributed by atoms with Gasteiger partial charge in [0.1, 0.15) is 30.1 Å². The Bertz CT molecular complexity index is 1600. The number of hydrogen-bond donors (Lipinski definition) is 3. The number of nitrogens with zero attached hydrogens (tertiary/aromatic N) is 3. The monoisotopic (exact) mass is 570 g/mol. The fourth-order valence-corrected chi connectivity index (χ4v) is 4.03. The van der Waals surface area contributed by atoms with Crippen molar-refractivity contribution < 1.29 is 23.9 Å². The maximum absolute atomic E-state index is 13.0. The summed E-state index contributed by atoms with van der Waals surface area (Å²) < 4.78 is 11.1. The largest absolute Gasteiger partial charge is 0.492 e. The zero-order valence-electron chi connectivity index (χ0n) is 24.0. The van der Waals surface area contributed by atoms with Crippen LogP contribution in [0, 0.1) is 0 Å². The van der Waals surface area contributed by atoms with E-state index in [1.807, 2.05) is 45.0 Å². The summed E-state index contributed by atoms with van der Waals surface area (Å²) in [5.41, 5.74) is 7.65. The second-order valence-corrected chi connectivity index (χ2v) is 10.6. The molecule has 4 aromatic rings. The molecule has 0 unspecified atom stereocenters. The molecule has 0 bridgehead atoms. The third-order valence-electron chi connectivity index (χ3n) is 6.07. The molecule has 1 heterocycles. The van der Waals surface area contributed by atoms with Crippen molar-refractivity contribution in [2.75, 3.05) is 30.8 Å². The van der Waals surface area contributed by atoms with Crippen molar-refractivity contribution in [1.82, 2.24) is 14.9 Å². The lowest BCUT2D eigenvalue weighted by atomic mass is 10.1. The minimum absolute atomic E-state index is 0.237. The number of nitrogens with one attached hydrogen (secondary N) is 2. The van der Waals surface area contributed by atoms with Crippen molar-refractivity contribution in [1.29, 1.82) is 0 Å². The number of anilines is 2. The summed E-state index contributed by atoms with van der Waals surface area (Å²) in [4.78, 5) is 46.8. The first kappa shape index (κ1) is 29.8. The highest BCUT2D eigenvalue weighted by Gasteiger charge is 2.19. The number of primary amides is 1. The Hall–Kier alpha value is -5.19. The van der Waals surface area contributed by atoms with Gasteiger partial charge in [-0.1, -0.05) is 24.3 Å². The third-order valence-corrected chi connectivity index (χ3v) is 6.07. The molecule has 0 atom stereocenters. The van der Waals surface area contributed by atoms with Crippen molar-refractivity contribution in [3.8, 4) is 5.75 Å². The Kier molecular flexibility index (Phi) is 9.21. The summed E-state index contributed by atoms with van der Waals surface area (Å²) >= 11 is 0. The van der Waals surface area contributed by atoms with Crippen LogP contribution in [-0.4, -0.2) is 58.6 Å². The number of nitrogens with two attached hydrogens (primary N) is 1. The Morgan fingerprint density at radius 2 is 1.74 bits per heavy atom. The number of benzene rings is 3. The Balaban J connectivity index is 1.35. The molecule has 3 aromatic carbocycles. The van der Waals surface area contributed by atoms with Gasteiger partial charge in [0.2, 0.25) is 0 Å². The van der Waals surface area contributed by atoms with Crippen LogP contribution in [0.15, 0.2) is 73.1 Å². The Labute approximate surface area is 244 Å². The SMILES string of the molecule is CN(CCOc1cccc(C(=O)Nc2cccc(CNc3ncnc4c(C(N)=O)cccc34)c2)c1)C(=O)OC(C)(C)C. The van der Waals surface area contributed by atoms with E-state index in [2.05, 4.69) is 20.6 Å². The predicted molar refractivity (Wildman–Crippen MR) is 161 cm³/mol. The molecule has 0 saturated heterocycles. The number of rotatable bonds is 10. The average Bonchev–Trinajstić information content (AvgIpc) is 2.95. The van der Waals surface area contributed by atoms with Gasteiger partial charge in [0.15, 0.2) is 0 Å². The molecule has 0 saturated carbocycles. The van der Waals surface area contributed by atoms with Crippen LogP contribution < -0.4 is 21.1 Å². The third kappa shape index (κ3) is 7.94. The molecule has 1 aromatic heterocycles. The van der Waals surface area contributed by atoms with Crippen molar-refractivity contribution in [2.45, 2.75) is 32.9 Å². The summed E-state index contributed by atoms with van der Waals surface area (Å²) in [7, 11) is 1.64. The van der Waals surface area contributed by atoms with Gasteiger partial charge >= 0.3 is 6.09 Å². The van der Waals surface area contributed by atoms with Gasteiger partial charge in [-0.3, -0.25) is 9.59 Å². The zero-order chi connectivity index (χ0) is 30.3. The van der Waals surface area contributed by atoms with Crippen LogP contribution in [0.25, 0.3) is 10.9 Å². The van der Waals surface area contributed by atoms with Gasteiger partial charge in [-0.2, -0.15) is 0 Å². The number of carbonyl (C=O) groups excluding carboxylic acids is 3. The molecule has 0 radical (unpaired) electrons. The minimum atomic E-state index is -0.576. The number of amides is 3. The van der Waals surface area contributed by atoms with Crippen molar-refractivity contribution in [2.24, 2.45) is 5.73 Å². The molecule has 0 aliphatic heterocycles. The highest BCUT2D eigenvalue weighted by atomic mass is 16.6. The van der Waals surface area contributed by atoms with Crippen molar-refractivity contribution >= 4 is 40.3 Å². The number of aromatic nitrogens is 2. The van der Waals surface area contributed by atoms with Crippen LogP contribution in [0.1, 0.15) is 47.1 Å². The fourth-order valence-electron chi connectivity index (χ4n) is 4.03. The molecular weight excluding hydrogens is 536 g/mol. The smallest absolute Gasteiger partial charge is 0.410 e. The molecular formula is C31H34N6O5. The molecule has 0 aliphatic rings. The standard InChI is InChI=1S/C31H34N6O5/c1-31(2,3)42-30(40)37(4)14-15-41-23-11-6-9-21(17-23)29(39)36-22-10-5-8-20(16-22)18-33-28-25-13-7-12-24(27(32)38)26(25)34-19-35-28/h5-13,16-17,19H,14-15,18H2,1-4H3,(H2,32,38)(H,36,39)(H,33,34,35). The number of carbonyl (C=O) groups is 3. The molecule has 42 heavy (non-hydrogen) atoms. The molecule has 11 nitrogen and oxygen atoms in total. The normalized spacial score (nSPS) is 11.0. The summed E-state index contributed by atoms with van der Waals surface area (Å²) in [5.74, 6) is 0.218. The van der Waals surface area contributed by atoms with E-state index in [9.17, 15) is 14.4 Å². The fraction of sp³-hybridized carbons (Fsp3) is 0.258. The molecule has 11 heteroatoms. The summed E-state index contributed by atoms with van der Waals surface area (Å²) in [6.45, 7) is 6.40. The molecule has 0 fully saturated rings. The van der Waals surface area contributed by atoms with Crippen LogP contribution in [0.5, 0.6) is 5.75 Å². The molecule has 218 valence electrons. The molecule has 0 spiro atoms. The Morgan fingerprint density at radius 3 is 2.50 bits per heavy atom. The van der Waals surface area contributed by atoms with Crippen LogP contribution in [-0.2, 0) is 11.3 Å². The highest BCUT2D eigenvalue weighted by molar-refractivity contribution is 6.07. The molecule has 3 amide bonds. The van der Waals surface area contributed by atoms with E-state index in [0.29, 0.717) is 52.4 Å². The van der Waals surface area contributed by atoms with Crippen LogP contribution in [0.2, 0.25) is 0 Å². The lowest BCUT2D eigenvalue weighted by molar-refractivity contribution is 0.0278. The number of ether oxygens (including phenoxy) is 2. The number of hydrogen-bond acceptors (Lipinski definition) is 8. The van der Waals surface area contributed by atoms with Crippen molar-refractivity contribution in [3.63, 3.8) is 0 Å². The van der Waals surface area contributed by atoms with Gasteiger partial charge in [-0.05, 0) is 68.8 Å². The van der Waals surface area contributed by atoms with Gasteiger partial charge in [0.05, 0.1) is 17.6 Å². The predicted octanol–water partition coefficient (Wildman–Crippen LogP) is 4.84. The maximum Gasteiger partial charge on any atom is 0.410 e. The highest BCUT2D eigenvalue weighted by Crippen LogP contribution is 2.23. The van der Waals surface area contributed by atoms with E-state index < -0.39 is 17.6 Å². The summed E-state index contributed by atoms with van der Waals surface area (Å²) in [6.07, 6.45) is 0.949. The van der Waals surface area contributed by atoms with Gasteiger partial charge in [-0.15, -0.1) is 0 Å². The average molecular weight is 571 g/mol.